The van der Waals surface area contributed by atoms with Gasteiger partial charge in [0, 0.05) is 23.5 Å². The lowest BCUT2D eigenvalue weighted by Gasteiger charge is -2.27. The SMILES string of the molecule is CN(CC(=O)NC[C@H](c1cccs1)N1CCCC1)S(=O)(=O)c1ccc(Cl)cc1. The van der Waals surface area contributed by atoms with E-state index in [-0.39, 0.29) is 23.4 Å². The highest BCUT2D eigenvalue weighted by atomic mass is 35.5. The van der Waals surface area contributed by atoms with E-state index in [0.29, 0.717) is 11.6 Å². The maximum atomic E-state index is 12.6. The van der Waals surface area contributed by atoms with Crippen molar-refractivity contribution < 1.29 is 13.2 Å². The molecule has 6 nitrogen and oxygen atoms in total. The van der Waals surface area contributed by atoms with Gasteiger partial charge in [-0.2, -0.15) is 4.31 Å². The molecule has 0 spiro atoms. The Morgan fingerprint density at radius 3 is 2.54 bits per heavy atom. The summed E-state index contributed by atoms with van der Waals surface area (Å²) in [5, 5.41) is 5.40. The molecule has 2 heterocycles. The third kappa shape index (κ3) is 5.12. The van der Waals surface area contributed by atoms with Gasteiger partial charge in [0.2, 0.25) is 15.9 Å². The second-order valence-electron chi connectivity index (χ2n) is 6.79. The van der Waals surface area contributed by atoms with Gasteiger partial charge in [0.15, 0.2) is 0 Å². The standard InChI is InChI=1S/C19H24ClN3O3S2/c1-22(28(25,26)16-8-6-15(20)7-9-16)14-19(24)21-13-17(18-5-4-12-27-18)23-10-2-3-11-23/h4-9,12,17H,2-3,10-11,13-14H2,1H3,(H,21,24)/t17-/m1/s1. The molecule has 9 heteroatoms. The summed E-state index contributed by atoms with van der Waals surface area (Å²) in [6, 6.07) is 10.1. The van der Waals surface area contributed by atoms with E-state index in [1.165, 1.54) is 36.2 Å². The minimum atomic E-state index is -3.74. The summed E-state index contributed by atoms with van der Waals surface area (Å²) >= 11 is 7.49. The fourth-order valence-electron chi connectivity index (χ4n) is 3.28. The first kappa shape index (κ1) is 21.3. The predicted octanol–water partition coefficient (Wildman–Crippen LogP) is 2.98. The predicted molar refractivity (Wildman–Crippen MR) is 112 cm³/mol. The van der Waals surface area contributed by atoms with Crippen molar-refractivity contribution in [3.8, 4) is 0 Å². The normalized spacial score (nSPS) is 16.4. The minimum absolute atomic E-state index is 0.112. The van der Waals surface area contributed by atoms with Crippen LogP contribution in [-0.4, -0.2) is 56.8 Å². The number of carbonyl (C=O) groups excluding carboxylic acids is 1. The Bertz CT molecular complexity index is 880. The van der Waals surface area contributed by atoms with Crippen molar-refractivity contribution in [1.82, 2.24) is 14.5 Å². The van der Waals surface area contributed by atoms with Crippen LogP contribution in [-0.2, 0) is 14.8 Å². The summed E-state index contributed by atoms with van der Waals surface area (Å²) in [5.74, 6) is -0.319. The molecule has 1 N–H and O–H groups in total. The van der Waals surface area contributed by atoms with E-state index in [4.69, 9.17) is 11.6 Å². The quantitative estimate of drug-likeness (QED) is 0.683. The third-order valence-electron chi connectivity index (χ3n) is 4.83. The van der Waals surface area contributed by atoms with E-state index in [1.54, 1.807) is 11.3 Å². The second kappa shape index (κ2) is 9.37. The number of amides is 1. The van der Waals surface area contributed by atoms with Crippen molar-refractivity contribution in [2.45, 2.75) is 23.8 Å². The molecule has 0 saturated carbocycles. The van der Waals surface area contributed by atoms with Gasteiger partial charge in [-0.1, -0.05) is 17.7 Å². The largest absolute Gasteiger partial charge is 0.353 e. The Balaban J connectivity index is 1.60. The van der Waals surface area contributed by atoms with Crippen LogP contribution in [0.1, 0.15) is 23.8 Å². The van der Waals surface area contributed by atoms with Crippen LogP contribution in [0.5, 0.6) is 0 Å². The second-order valence-corrected chi connectivity index (χ2v) is 10.3. The molecule has 1 aliphatic rings. The number of rotatable bonds is 8. The van der Waals surface area contributed by atoms with Gasteiger partial charge in [-0.25, -0.2) is 8.42 Å². The molecule has 1 saturated heterocycles. The molecule has 1 aliphatic heterocycles. The molecule has 1 aromatic heterocycles. The number of halogens is 1. The molecular formula is C19H24ClN3O3S2. The van der Waals surface area contributed by atoms with Gasteiger partial charge in [0.1, 0.15) is 0 Å². The van der Waals surface area contributed by atoms with Gasteiger partial charge in [0.05, 0.1) is 17.5 Å². The van der Waals surface area contributed by atoms with Crippen LogP contribution in [0.15, 0.2) is 46.7 Å². The number of likely N-dealkylation sites (tertiary alicyclic amines) is 1. The van der Waals surface area contributed by atoms with Crippen LogP contribution in [0, 0.1) is 0 Å². The van der Waals surface area contributed by atoms with Gasteiger partial charge < -0.3 is 5.32 Å². The fourth-order valence-corrected chi connectivity index (χ4v) is 5.40. The van der Waals surface area contributed by atoms with Crippen molar-refractivity contribution in [3.63, 3.8) is 0 Å². The Hall–Kier alpha value is -1.45. The summed E-state index contributed by atoms with van der Waals surface area (Å²) in [6.45, 7) is 2.27. The van der Waals surface area contributed by atoms with Crippen molar-refractivity contribution in [2.24, 2.45) is 0 Å². The average Bonchev–Trinajstić information content (AvgIpc) is 3.36. The smallest absolute Gasteiger partial charge is 0.243 e. The number of hydrogen-bond acceptors (Lipinski definition) is 5. The van der Waals surface area contributed by atoms with Crippen LogP contribution in [0.3, 0.4) is 0 Å². The van der Waals surface area contributed by atoms with E-state index < -0.39 is 10.0 Å². The van der Waals surface area contributed by atoms with Crippen molar-refractivity contribution in [3.05, 3.63) is 51.7 Å². The lowest BCUT2D eigenvalue weighted by molar-refractivity contribution is -0.121. The number of hydrogen-bond donors (Lipinski definition) is 1. The zero-order valence-electron chi connectivity index (χ0n) is 15.7. The minimum Gasteiger partial charge on any atom is -0.353 e. The Morgan fingerprint density at radius 1 is 1.25 bits per heavy atom. The molecule has 0 aliphatic carbocycles. The summed E-state index contributed by atoms with van der Waals surface area (Å²) in [6.07, 6.45) is 2.33. The maximum Gasteiger partial charge on any atom is 0.243 e. The fraction of sp³-hybridized carbons (Fsp3) is 0.421. The monoisotopic (exact) mass is 441 g/mol. The summed E-state index contributed by atoms with van der Waals surface area (Å²) < 4.78 is 26.3. The van der Waals surface area contributed by atoms with Crippen molar-refractivity contribution in [1.29, 1.82) is 0 Å². The van der Waals surface area contributed by atoms with Gasteiger partial charge in [-0.05, 0) is 61.6 Å². The lowest BCUT2D eigenvalue weighted by atomic mass is 10.2. The van der Waals surface area contributed by atoms with Gasteiger partial charge in [-0.15, -0.1) is 11.3 Å². The molecule has 152 valence electrons. The van der Waals surface area contributed by atoms with E-state index in [0.717, 1.165) is 30.2 Å². The average molecular weight is 442 g/mol. The molecule has 1 fully saturated rings. The van der Waals surface area contributed by atoms with Crippen LogP contribution < -0.4 is 5.32 Å². The summed E-state index contributed by atoms with van der Waals surface area (Å²) in [7, 11) is -2.34. The summed E-state index contributed by atoms with van der Waals surface area (Å²) in [5.41, 5.74) is 0. The number of sulfonamides is 1. The zero-order valence-corrected chi connectivity index (χ0v) is 18.1. The van der Waals surface area contributed by atoms with E-state index in [9.17, 15) is 13.2 Å². The zero-order chi connectivity index (χ0) is 20.1. The molecule has 28 heavy (non-hydrogen) atoms. The molecule has 1 atom stereocenters. The third-order valence-corrected chi connectivity index (χ3v) is 7.88. The van der Waals surface area contributed by atoms with Gasteiger partial charge in [-0.3, -0.25) is 9.69 Å². The van der Waals surface area contributed by atoms with E-state index in [1.807, 2.05) is 11.4 Å². The number of nitrogens with zero attached hydrogens (tertiary/aromatic N) is 2. The topological polar surface area (TPSA) is 69.7 Å². The molecule has 0 unspecified atom stereocenters. The van der Waals surface area contributed by atoms with Gasteiger partial charge >= 0.3 is 0 Å². The molecule has 0 bridgehead atoms. The molecule has 1 aromatic carbocycles. The van der Waals surface area contributed by atoms with Gasteiger partial charge in [0.25, 0.3) is 0 Å². The highest BCUT2D eigenvalue weighted by molar-refractivity contribution is 7.89. The number of thiophene rings is 1. The molecule has 1 amide bonds. The highest BCUT2D eigenvalue weighted by Crippen LogP contribution is 2.27. The van der Waals surface area contributed by atoms with Crippen molar-refractivity contribution >= 4 is 38.9 Å². The molecule has 3 rings (SSSR count). The number of likely N-dealkylation sites (N-methyl/N-ethyl adjacent to an activating group) is 1. The molecule has 0 radical (unpaired) electrons. The van der Waals surface area contributed by atoms with E-state index >= 15 is 0 Å². The number of benzene rings is 1. The Morgan fingerprint density at radius 2 is 1.93 bits per heavy atom. The highest BCUT2D eigenvalue weighted by Gasteiger charge is 2.26. The number of nitrogens with one attached hydrogen (secondary N) is 1. The first-order valence-electron chi connectivity index (χ1n) is 9.14. The van der Waals surface area contributed by atoms with Crippen molar-refractivity contribution in [2.75, 3.05) is 33.2 Å². The van der Waals surface area contributed by atoms with Crippen LogP contribution in [0.25, 0.3) is 0 Å². The maximum absolute atomic E-state index is 12.6. The molecular weight excluding hydrogens is 418 g/mol. The molecule has 2 aromatic rings. The van der Waals surface area contributed by atoms with E-state index in [2.05, 4.69) is 16.3 Å². The van der Waals surface area contributed by atoms with Crippen LogP contribution >= 0.6 is 22.9 Å². The number of carbonyl (C=O) groups is 1. The Labute approximate surface area is 175 Å². The van der Waals surface area contributed by atoms with Crippen LogP contribution in [0.4, 0.5) is 0 Å². The first-order valence-corrected chi connectivity index (χ1v) is 11.8. The summed E-state index contributed by atoms with van der Waals surface area (Å²) in [4.78, 5) is 16.1. The Kier molecular flexibility index (Phi) is 7.11. The first-order chi connectivity index (χ1) is 13.4. The van der Waals surface area contributed by atoms with Crippen LogP contribution in [0.2, 0.25) is 5.02 Å². The lowest BCUT2D eigenvalue weighted by Crippen LogP contribution is -2.42.